The van der Waals surface area contributed by atoms with Gasteiger partial charge >= 0.3 is 6.18 Å². The third-order valence-electron chi connectivity index (χ3n) is 6.73. The molecule has 0 spiro atoms. The molecule has 0 N–H and O–H groups in total. The Balaban J connectivity index is 0.00000336. The molecule has 0 saturated carbocycles. The number of ether oxygens (including phenoxy) is 4. The van der Waals surface area contributed by atoms with Crippen molar-refractivity contribution >= 4 is 10.8 Å². The predicted octanol–water partition coefficient (Wildman–Crippen LogP) is 3.02. The first-order valence-electron chi connectivity index (χ1n) is 11.9. The highest BCUT2D eigenvalue weighted by Gasteiger charge is 2.30. The number of fused-ring (bicyclic) bond motifs is 4. The van der Waals surface area contributed by atoms with Crippen LogP contribution in [-0.2, 0) is 25.6 Å². The Kier molecular flexibility index (Phi) is 8.06. The van der Waals surface area contributed by atoms with Gasteiger partial charge in [0, 0.05) is 18.9 Å². The minimum atomic E-state index is -4.35. The number of halogens is 4. The molecule has 200 valence electrons. The molecule has 1 aromatic heterocycles. The smallest absolute Gasteiger partial charge is 0.416 e. The van der Waals surface area contributed by atoms with Gasteiger partial charge in [0.05, 0.1) is 44.4 Å². The van der Waals surface area contributed by atoms with Gasteiger partial charge in [0.15, 0.2) is 35.7 Å². The van der Waals surface area contributed by atoms with Crippen molar-refractivity contribution in [2.75, 3.05) is 27.9 Å². The van der Waals surface area contributed by atoms with Gasteiger partial charge in [0.1, 0.15) is 0 Å². The highest BCUT2D eigenvalue weighted by Crippen LogP contribution is 2.40. The van der Waals surface area contributed by atoms with Crippen LogP contribution in [0.2, 0.25) is 0 Å². The van der Waals surface area contributed by atoms with E-state index in [-0.39, 0.29) is 17.0 Å². The number of aromatic nitrogens is 1. The van der Waals surface area contributed by atoms with Crippen LogP contribution in [0.3, 0.4) is 0 Å². The zero-order chi connectivity index (χ0) is 26.2. The maximum absolute atomic E-state index is 12.8. The average molecular weight is 590 g/mol. The van der Waals surface area contributed by atoms with Gasteiger partial charge in [-0.3, -0.25) is 0 Å². The molecule has 0 atom stereocenters. The molecule has 0 amide bonds. The van der Waals surface area contributed by atoms with Gasteiger partial charge < -0.3 is 35.9 Å². The van der Waals surface area contributed by atoms with Crippen molar-refractivity contribution < 1.29 is 53.7 Å². The molecule has 5 nitrogen and oxygen atoms in total. The minimum Gasteiger partial charge on any atom is -1.00 e. The summed E-state index contributed by atoms with van der Waals surface area (Å²) in [7, 11) is 4.85. The predicted molar refractivity (Wildman–Crippen MR) is 134 cm³/mol. The topological polar surface area (TPSA) is 40.8 Å². The first kappa shape index (κ1) is 27.6. The molecule has 0 radical (unpaired) electrons. The lowest BCUT2D eigenvalue weighted by molar-refractivity contribution is -0.686. The van der Waals surface area contributed by atoms with E-state index >= 15 is 0 Å². The zero-order valence-corrected chi connectivity index (χ0v) is 22.8. The van der Waals surface area contributed by atoms with Crippen LogP contribution in [-0.4, -0.2) is 27.9 Å². The molecule has 5 rings (SSSR count). The van der Waals surface area contributed by atoms with E-state index in [1.165, 1.54) is 17.7 Å². The fraction of sp³-hybridized carbons (Fsp3) is 0.276. The summed E-state index contributed by atoms with van der Waals surface area (Å²) in [4.78, 5) is 0. The Morgan fingerprint density at radius 1 is 0.842 bits per heavy atom. The molecule has 0 saturated heterocycles. The molecule has 0 bridgehead atoms. The van der Waals surface area contributed by atoms with Gasteiger partial charge in [-0.05, 0) is 52.9 Å². The molecule has 1 aliphatic rings. The van der Waals surface area contributed by atoms with E-state index in [1.807, 2.05) is 24.3 Å². The van der Waals surface area contributed by atoms with Gasteiger partial charge in [0.2, 0.25) is 5.69 Å². The number of hydrogen-bond acceptors (Lipinski definition) is 4. The summed E-state index contributed by atoms with van der Waals surface area (Å²) in [6.07, 6.45) is -0.974. The fourth-order valence-corrected chi connectivity index (χ4v) is 4.78. The van der Waals surface area contributed by atoms with Gasteiger partial charge in [0.25, 0.3) is 0 Å². The molecule has 3 aromatic carbocycles. The van der Waals surface area contributed by atoms with Crippen molar-refractivity contribution in [2.45, 2.75) is 25.6 Å². The summed E-state index contributed by atoms with van der Waals surface area (Å²) in [5.74, 6) is 2.60. The van der Waals surface area contributed by atoms with Crippen LogP contribution >= 0.6 is 0 Å². The molecule has 2 heterocycles. The number of alkyl halides is 3. The average Bonchev–Trinajstić information content (AvgIpc) is 2.91. The van der Waals surface area contributed by atoms with E-state index in [4.69, 9.17) is 18.9 Å². The number of methoxy groups -OCH3 is 3. The molecule has 9 heteroatoms. The number of pyridine rings is 1. The van der Waals surface area contributed by atoms with Crippen LogP contribution in [0.4, 0.5) is 13.2 Å². The van der Waals surface area contributed by atoms with Crippen LogP contribution in [0.15, 0.2) is 60.8 Å². The van der Waals surface area contributed by atoms with E-state index in [2.05, 4.69) is 16.8 Å². The Hall–Kier alpha value is -3.46. The lowest BCUT2D eigenvalue weighted by Crippen LogP contribution is -3.00. The van der Waals surface area contributed by atoms with E-state index < -0.39 is 11.7 Å². The molecule has 38 heavy (non-hydrogen) atoms. The van der Waals surface area contributed by atoms with Crippen LogP contribution in [0.5, 0.6) is 23.0 Å². The second-order valence-corrected chi connectivity index (χ2v) is 8.86. The lowest BCUT2D eigenvalue weighted by Gasteiger charge is -2.19. The fourth-order valence-electron chi connectivity index (χ4n) is 4.78. The zero-order valence-electron chi connectivity index (χ0n) is 21.2. The third kappa shape index (κ3) is 5.25. The minimum absolute atomic E-state index is 0. The summed E-state index contributed by atoms with van der Waals surface area (Å²) < 4.78 is 63.5. The quantitative estimate of drug-likeness (QED) is 0.311. The maximum Gasteiger partial charge on any atom is 0.416 e. The van der Waals surface area contributed by atoms with Gasteiger partial charge in [-0.1, -0.05) is 12.1 Å². The lowest BCUT2D eigenvalue weighted by atomic mass is 9.95. The second kappa shape index (κ2) is 11.1. The molecular formula is C29H27BrF3NO4. The van der Waals surface area contributed by atoms with E-state index in [9.17, 15) is 13.2 Å². The number of benzene rings is 3. The standard InChI is InChI=1S/C29H27F3NO4.BrH/c1-34-25-9-6-19-14-24-22-16-27(36-3)26(35-2)15-20(22)10-12-33(24)17-23(19)28(25)37-13-11-18-4-7-21(8-5-18)29(30,31)32;/h4-9,14-17H,10-13H2,1-3H3;1H/q+1;/p-1. The summed E-state index contributed by atoms with van der Waals surface area (Å²) in [5.41, 5.74) is 3.45. The van der Waals surface area contributed by atoms with Gasteiger partial charge in [-0.15, -0.1) is 0 Å². The Bertz CT molecular complexity index is 1460. The summed E-state index contributed by atoms with van der Waals surface area (Å²) in [5, 5.41) is 1.89. The van der Waals surface area contributed by atoms with Crippen molar-refractivity contribution in [2.24, 2.45) is 0 Å². The molecule has 0 unspecified atom stereocenters. The molecule has 4 aromatic rings. The number of aryl methyl sites for hydroxylation is 2. The van der Waals surface area contributed by atoms with Crippen LogP contribution < -0.4 is 40.5 Å². The number of rotatable bonds is 7. The highest BCUT2D eigenvalue weighted by molar-refractivity contribution is 5.91. The first-order valence-corrected chi connectivity index (χ1v) is 11.9. The Labute approximate surface area is 229 Å². The number of nitrogens with zero attached hydrogens (tertiary/aromatic N) is 1. The Morgan fingerprint density at radius 2 is 1.53 bits per heavy atom. The highest BCUT2D eigenvalue weighted by atomic mass is 79.9. The monoisotopic (exact) mass is 589 g/mol. The Morgan fingerprint density at radius 3 is 2.18 bits per heavy atom. The van der Waals surface area contributed by atoms with Crippen molar-refractivity contribution in [3.8, 4) is 34.3 Å². The molecule has 0 fully saturated rings. The maximum atomic E-state index is 12.8. The van der Waals surface area contributed by atoms with Gasteiger partial charge in [-0.25, -0.2) is 0 Å². The number of hydrogen-bond donors (Lipinski definition) is 0. The van der Waals surface area contributed by atoms with Crippen LogP contribution in [0, 0.1) is 0 Å². The van der Waals surface area contributed by atoms with E-state index in [0.29, 0.717) is 36.0 Å². The summed E-state index contributed by atoms with van der Waals surface area (Å²) in [6, 6.07) is 15.2. The largest absolute Gasteiger partial charge is 1.00 e. The normalized spacial score (nSPS) is 12.3. The molecular weight excluding hydrogens is 563 g/mol. The summed E-state index contributed by atoms with van der Waals surface area (Å²) in [6.45, 7) is 1.08. The van der Waals surface area contributed by atoms with Crippen LogP contribution in [0.1, 0.15) is 16.7 Å². The second-order valence-electron chi connectivity index (χ2n) is 8.86. The van der Waals surface area contributed by atoms with Crippen molar-refractivity contribution in [1.29, 1.82) is 0 Å². The SMILES string of the molecule is COc1cc2c(cc1OC)-c1cc3ccc(OC)c(OCCc4ccc(C(F)(F)F)cc4)c3c[n+]1CC2.[Br-]. The van der Waals surface area contributed by atoms with Crippen LogP contribution in [0.25, 0.3) is 22.0 Å². The first-order chi connectivity index (χ1) is 17.8. The molecule has 0 aliphatic carbocycles. The van der Waals surface area contributed by atoms with E-state index in [0.717, 1.165) is 52.7 Å². The van der Waals surface area contributed by atoms with Crippen molar-refractivity contribution in [3.63, 3.8) is 0 Å². The third-order valence-corrected chi connectivity index (χ3v) is 6.73. The van der Waals surface area contributed by atoms with Gasteiger partial charge in [-0.2, -0.15) is 17.7 Å². The van der Waals surface area contributed by atoms with Crippen molar-refractivity contribution in [3.05, 3.63) is 77.5 Å². The van der Waals surface area contributed by atoms with E-state index in [1.54, 1.807) is 21.3 Å². The molecule has 1 aliphatic heterocycles. The van der Waals surface area contributed by atoms with Crippen molar-refractivity contribution in [1.82, 2.24) is 0 Å². The summed E-state index contributed by atoms with van der Waals surface area (Å²) >= 11 is 0.